The van der Waals surface area contributed by atoms with Gasteiger partial charge in [-0.3, -0.25) is 0 Å². The third-order valence-corrected chi connectivity index (χ3v) is 2.92. The lowest BCUT2D eigenvalue weighted by atomic mass is 10.2. The van der Waals surface area contributed by atoms with Crippen LogP contribution < -0.4 is 10.6 Å². The van der Waals surface area contributed by atoms with Crippen LogP contribution in [-0.2, 0) is 0 Å². The molecule has 0 amide bonds. The summed E-state index contributed by atoms with van der Waals surface area (Å²) in [6.07, 6.45) is 6.38. The van der Waals surface area contributed by atoms with Gasteiger partial charge in [0.05, 0.1) is 0 Å². The van der Waals surface area contributed by atoms with Gasteiger partial charge in [0.15, 0.2) is 5.11 Å². The second kappa shape index (κ2) is 5.43. The Labute approximate surface area is 86.5 Å². The van der Waals surface area contributed by atoms with Gasteiger partial charge in [0.25, 0.3) is 0 Å². The molecule has 76 valence electrons. The Morgan fingerprint density at radius 2 is 2.08 bits per heavy atom. The predicted molar refractivity (Wildman–Crippen MR) is 60.9 cm³/mol. The molecule has 1 aliphatic carbocycles. The Bertz CT molecular complexity index is 164. The topological polar surface area (TPSA) is 24.1 Å². The Kier molecular flexibility index (Phi) is 4.50. The van der Waals surface area contributed by atoms with Crippen LogP contribution in [0.1, 0.15) is 46.0 Å². The molecule has 2 nitrogen and oxygen atoms in total. The summed E-state index contributed by atoms with van der Waals surface area (Å²) in [4.78, 5) is 0. The van der Waals surface area contributed by atoms with E-state index in [0.717, 1.165) is 11.5 Å². The molecule has 0 aromatic carbocycles. The first-order valence-corrected chi connectivity index (χ1v) is 5.70. The highest BCUT2D eigenvalue weighted by atomic mass is 32.1. The minimum absolute atomic E-state index is 0.487. The highest BCUT2D eigenvalue weighted by Gasteiger charge is 2.15. The van der Waals surface area contributed by atoms with Gasteiger partial charge in [0, 0.05) is 12.1 Å². The molecule has 0 spiro atoms. The third-order valence-electron chi connectivity index (χ3n) is 2.68. The van der Waals surface area contributed by atoms with Crippen LogP contribution in [0.5, 0.6) is 0 Å². The maximum Gasteiger partial charge on any atom is 0.166 e. The minimum Gasteiger partial charge on any atom is -0.360 e. The Hall–Kier alpha value is -0.310. The lowest BCUT2D eigenvalue weighted by molar-refractivity contribution is 0.588. The third kappa shape index (κ3) is 3.94. The SMILES string of the molecule is CCC(C)NC(=S)NC1CCCC1. The zero-order valence-corrected chi connectivity index (χ0v) is 9.41. The first-order chi connectivity index (χ1) is 6.22. The number of hydrogen-bond acceptors (Lipinski definition) is 1. The molecule has 0 aromatic rings. The van der Waals surface area contributed by atoms with Crippen LogP contribution >= 0.6 is 12.2 Å². The summed E-state index contributed by atoms with van der Waals surface area (Å²) in [5.41, 5.74) is 0. The molecule has 1 aliphatic rings. The molecule has 0 bridgehead atoms. The van der Waals surface area contributed by atoms with Crippen LogP contribution in [0.15, 0.2) is 0 Å². The van der Waals surface area contributed by atoms with Crippen molar-refractivity contribution in [3.8, 4) is 0 Å². The van der Waals surface area contributed by atoms with Crippen LogP contribution in [0.3, 0.4) is 0 Å². The normalized spacial score (nSPS) is 19.8. The Morgan fingerprint density at radius 1 is 1.46 bits per heavy atom. The van der Waals surface area contributed by atoms with Crippen molar-refractivity contribution >= 4 is 17.3 Å². The van der Waals surface area contributed by atoms with Gasteiger partial charge >= 0.3 is 0 Å². The largest absolute Gasteiger partial charge is 0.360 e. The summed E-state index contributed by atoms with van der Waals surface area (Å²) in [6.45, 7) is 4.32. The molecule has 1 fully saturated rings. The van der Waals surface area contributed by atoms with Crippen LogP contribution in [0.4, 0.5) is 0 Å². The van der Waals surface area contributed by atoms with Crippen molar-refractivity contribution in [1.82, 2.24) is 10.6 Å². The highest BCUT2D eigenvalue weighted by molar-refractivity contribution is 7.80. The Morgan fingerprint density at radius 3 is 2.62 bits per heavy atom. The monoisotopic (exact) mass is 200 g/mol. The van der Waals surface area contributed by atoms with Crippen LogP contribution in [0.25, 0.3) is 0 Å². The van der Waals surface area contributed by atoms with E-state index in [2.05, 4.69) is 24.5 Å². The molecular formula is C10H20N2S. The predicted octanol–water partition coefficient (Wildman–Crippen LogP) is 2.19. The van der Waals surface area contributed by atoms with Crippen molar-refractivity contribution in [2.24, 2.45) is 0 Å². The average Bonchev–Trinajstić information content (AvgIpc) is 2.56. The van der Waals surface area contributed by atoms with Crippen LogP contribution in [0, 0.1) is 0 Å². The van der Waals surface area contributed by atoms with Crippen molar-refractivity contribution in [1.29, 1.82) is 0 Å². The molecule has 0 aliphatic heterocycles. The summed E-state index contributed by atoms with van der Waals surface area (Å²) in [5, 5.41) is 7.48. The quantitative estimate of drug-likeness (QED) is 0.683. The highest BCUT2D eigenvalue weighted by Crippen LogP contribution is 2.17. The number of hydrogen-bond donors (Lipinski definition) is 2. The molecule has 0 radical (unpaired) electrons. The van der Waals surface area contributed by atoms with E-state index in [1.54, 1.807) is 0 Å². The average molecular weight is 200 g/mol. The second-order valence-corrected chi connectivity index (χ2v) is 4.32. The molecule has 13 heavy (non-hydrogen) atoms. The minimum atomic E-state index is 0.487. The van der Waals surface area contributed by atoms with Crippen molar-refractivity contribution in [2.45, 2.75) is 58.0 Å². The van der Waals surface area contributed by atoms with Gasteiger partial charge in [0.1, 0.15) is 0 Å². The molecular weight excluding hydrogens is 180 g/mol. The van der Waals surface area contributed by atoms with Gasteiger partial charge in [0.2, 0.25) is 0 Å². The molecule has 1 rings (SSSR count). The lowest BCUT2D eigenvalue weighted by Crippen LogP contribution is -2.44. The Balaban J connectivity index is 2.16. The molecule has 0 aromatic heterocycles. The van der Waals surface area contributed by atoms with Gasteiger partial charge in [-0.25, -0.2) is 0 Å². The summed E-state index contributed by atoms with van der Waals surface area (Å²) >= 11 is 5.21. The van der Waals surface area contributed by atoms with Gasteiger partial charge in [-0.05, 0) is 38.4 Å². The maximum absolute atomic E-state index is 5.21. The number of thiocarbonyl (C=S) groups is 1. The summed E-state index contributed by atoms with van der Waals surface area (Å²) < 4.78 is 0. The van der Waals surface area contributed by atoms with E-state index in [1.807, 2.05) is 0 Å². The second-order valence-electron chi connectivity index (χ2n) is 3.91. The standard InChI is InChI=1S/C10H20N2S/c1-3-8(2)11-10(13)12-9-6-4-5-7-9/h8-9H,3-7H2,1-2H3,(H2,11,12,13). The molecule has 1 saturated carbocycles. The van der Waals surface area contributed by atoms with Crippen LogP contribution in [0.2, 0.25) is 0 Å². The van der Waals surface area contributed by atoms with Crippen LogP contribution in [-0.4, -0.2) is 17.2 Å². The fraction of sp³-hybridized carbons (Fsp3) is 0.900. The van der Waals surface area contributed by atoms with E-state index in [4.69, 9.17) is 12.2 Å². The van der Waals surface area contributed by atoms with E-state index in [0.29, 0.717) is 12.1 Å². The lowest BCUT2D eigenvalue weighted by Gasteiger charge is -2.18. The van der Waals surface area contributed by atoms with E-state index >= 15 is 0 Å². The van der Waals surface area contributed by atoms with Gasteiger partial charge in [-0.2, -0.15) is 0 Å². The smallest absolute Gasteiger partial charge is 0.166 e. The zero-order chi connectivity index (χ0) is 9.68. The fourth-order valence-corrected chi connectivity index (χ4v) is 1.99. The zero-order valence-electron chi connectivity index (χ0n) is 8.60. The number of rotatable bonds is 3. The van der Waals surface area contributed by atoms with E-state index in [1.165, 1.54) is 25.7 Å². The molecule has 1 atom stereocenters. The molecule has 1 unspecified atom stereocenters. The molecule has 0 saturated heterocycles. The number of nitrogens with one attached hydrogen (secondary N) is 2. The molecule has 0 heterocycles. The van der Waals surface area contributed by atoms with Gasteiger partial charge < -0.3 is 10.6 Å². The van der Waals surface area contributed by atoms with E-state index in [-0.39, 0.29) is 0 Å². The fourth-order valence-electron chi connectivity index (χ4n) is 1.62. The van der Waals surface area contributed by atoms with Gasteiger partial charge in [-0.15, -0.1) is 0 Å². The first kappa shape index (κ1) is 10.8. The molecule has 3 heteroatoms. The van der Waals surface area contributed by atoms with Gasteiger partial charge in [-0.1, -0.05) is 19.8 Å². The van der Waals surface area contributed by atoms with E-state index < -0.39 is 0 Å². The van der Waals surface area contributed by atoms with Crippen molar-refractivity contribution in [3.05, 3.63) is 0 Å². The van der Waals surface area contributed by atoms with Crippen molar-refractivity contribution in [3.63, 3.8) is 0 Å². The van der Waals surface area contributed by atoms with E-state index in [9.17, 15) is 0 Å². The van der Waals surface area contributed by atoms with Crippen molar-refractivity contribution in [2.75, 3.05) is 0 Å². The molecule has 2 N–H and O–H groups in total. The first-order valence-electron chi connectivity index (χ1n) is 5.29. The van der Waals surface area contributed by atoms with Crippen molar-refractivity contribution < 1.29 is 0 Å². The maximum atomic E-state index is 5.21. The summed E-state index contributed by atoms with van der Waals surface area (Å²) in [7, 11) is 0. The summed E-state index contributed by atoms with van der Waals surface area (Å²) in [6, 6.07) is 1.12. The summed E-state index contributed by atoms with van der Waals surface area (Å²) in [5.74, 6) is 0.